The van der Waals surface area contributed by atoms with Crippen LogP contribution in [0.1, 0.15) is 5.69 Å². The van der Waals surface area contributed by atoms with E-state index in [1.807, 2.05) is 6.07 Å². The molecular weight excluding hydrogens is 288 g/mol. The number of benzene rings is 1. The van der Waals surface area contributed by atoms with Crippen LogP contribution < -0.4 is 0 Å². The molecule has 0 amide bonds. The Morgan fingerprint density at radius 3 is 2.53 bits per heavy atom. The molecule has 0 saturated heterocycles. The third-order valence-corrected chi connectivity index (χ3v) is 2.68. The van der Waals surface area contributed by atoms with E-state index < -0.39 is 4.92 Å². The molecule has 1 aromatic carbocycles. The fourth-order valence-corrected chi connectivity index (χ4v) is 1.65. The molecule has 2 rings (SSSR count). The summed E-state index contributed by atoms with van der Waals surface area (Å²) in [5.74, 6) is 0. The lowest BCUT2D eigenvalue weighted by Crippen LogP contribution is -1.95. The van der Waals surface area contributed by atoms with Gasteiger partial charge >= 0.3 is 0 Å². The van der Waals surface area contributed by atoms with Gasteiger partial charge in [-0.15, -0.1) is 0 Å². The number of nitriles is 1. The van der Waals surface area contributed by atoms with Crippen molar-refractivity contribution in [1.82, 2.24) is 9.78 Å². The Labute approximate surface area is 104 Å². The molecule has 2 aromatic rings. The van der Waals surface area contributed by atoms with E-state index in [4.69, 9.17) is 5.26 Å². The SMILES string of the molecule is N#Cc1nn(-c2ccc([N+](=O)[O-])cc2)cc1Br. The molecule has 1 heterocycles. The van der Waals surface area contributed by atoms with Crippen molar-refractivity contribution in [3.05, 3.63) is 50.7 Å². The lowest BCUT2D eigenvalue weighted by Gasteiger charge is -1.99. The van der Waals surface area contributed by atoms with Gasteiger partial charge in [-0.3, -0.25) is 10.1 Å². The second kappa shape index (κ2) is 4.35. The molecule has 0 saturated carbocycles. The van der Waals surface area contributed by atoms with Crippen LogP contribution in [0.3, 0.4) is 0 Å². The maximum atomic E-state index is 10.5. The number of nitro groups is 1. The van der Waals surface area contributed by atoms with E-state index in [0.29, 0.717) is 10.2 Å². The molecule has 0 bridgehead atoms. The highest BCUT2D eigenvalue weighted by Gasteiger charge is 2.08. The molecule has 1 aromatic heterocycles. The van der Waals surface area contributed by atoms with E-state index in [2.05, 4.69) is 21.0 Å². The Balaban J connectivity index is 2.40. The minimum absolute atomic E-state index is 0.0143. The van der Waals surface area contributed by atoms with Gasteiger partial charge in [0.25, 0.3) is 5.69 Å². The predicted octanol–water partition coefficient (Wildman–Crippen LogP) is 2.41. The fourth-order valence-electron chi connectivity index (χ4n) is 1.29. The van der Waals surface area contributed by atoms with Crippen molar-refractivity contribution in [1.29, 1.82) is 5.26 Å². The first-order valence-corrected chi connectivity index (χ1v) is 5.31. The summed E-state index contributed by atoms with van der Waals surface area (Å²) in [5.41, 5.74) is 0.932. The zero-order valence-electron chi connectivity index (χ0n) is 8.37. The summed E-state index contributed by atoms with van der Waals surface area (Å²) in [6.45, 7) is 0. The Kier molecular flexibility index (Phi) is 2.89. The average Bonchev–Trinajstić information content (AvgIpc) is 2.70. The fraction of sp³-hybridized carbons (Fsp3) is 0. The number of nitro benzene ring substituents is 1. The van der Waals surface area contributed by atoms with Gasteiger partial charge in [0.15, 0.2) is 5.69 Å². The topological polar surface area (TPSA) is 84.8 Å². The van der Waals surface area contributed by atoms with Crippen molar-refractivity contribution in [2.45, 2.75) is 0 Å². The summed E-state index contributed by atoms with van der Waals surface area (Å²) < 4.78 is 2.06. The molecule has 17 heavy (non-hydrogen) atoms. The monoisotopic (exact) mass is 292 g/mol. The molecule has 84 valence electrons. The van der Waals surface area contributed by atoms with E-state index in [0.717, 1.165) is 0 Å². The number of aromatic nitrogens is 2. The Morgan fingerprint density at radius 2 is 2.06 bits per heavy atom. The Bertz CT molecular complexity index is 612. The van der Waals surface area contributed by atoms with E-state index in [1.54, 1.807) is 18.3 Å². The summed E-state index contributed by atoms with van der Waals surface area (Å²) in [5, 5.41) is 23.2. The maximum Gasteiger partial charge on any atom is 0.269 e. The molecule has 6 nitrogen and oxygen atoms in total. The number of halogens is 1. The minimum atomic E-state index is -0.469. The summed E-state index contributed by atoms with van der Waals surface area (Å²) in [6, 6.07) is 7.84. The zero-order valence-corrected chi connectivity index (χ0v) is 9.96. The van der Waals surface area contributed by atoms with E-state index in [1.165, 1.54) is 16.8 Å². The van der Waals surface area contributed by atoms with E-state index in [9.17, 15) is 10.1 Å². The molecule has 0 N–H and O–H groups in total. The highest BCUT2D eigenvalue weighted by atomic mass is 79.9. The van der Waals surface area contributed by atoms with Crippen LogP contribution in [0.15, 0.2) is 34.9 Å². The molecule has 0 aliphatic rings. The molecular formula is C10H5BrN4O2. The summed E-state index contributed by atoms with van der Waals surface area (Å²) in [7, 11) is 0. The normalized spacial score (nSPS) is 9.88. The molecule has 7 heteroatoms. The number of non-ortho nitro benzene ring substituents is 1. The molecule has 0 unspecified atom stereocenters. The van der Waals surface area contributed by atoms with E-state index >= 15 is 0 Å². The van der Waals surface area contributed by atoms with Gasteiger partial charge in [-0.25, -0.2) is 4.68 Å². The lowest BCUT2D eigenvalue weighted by molar-refractivity contribution is -0.384. The first kappa shape index (κ1) is 11.3. The van der Waals surface area contributed by atoms with Crippen LogP contribution in [0.2, 0.25) is 0 Å². The number of hydrogen-bond donors (Lipinski definition) is 0. The average molecular weight is 293 g/mol. The number of hydrogen-bond acceptors (Lipinski definition) is 4. The van der Waals surface area contributed by atoms with Crippen molar-refractivity contribution in [3.63, 3.8) is 0 Å². The Morgan fingerprint density at radius 1 is 1.41 bits per heavy atom. The predicted molar refractivity (Wildman–Crippen MR) is 62.6 cm³/mol. The third kappa shape index (κ3) is 2.16. The standard InChI is InChI=1S/C10H5BrN4O2/c11-9-6-14(13-10(9)5-12)7-1-3-8(4-2-7)15(16)17/h1-4,6H. The molecule has 0 fully saturated rings. The van der Waals surface area contributed by atoms with Gasteiger partial charge in [0.2, 0.25) is 0 Å². The van der Waals surface area contributed by atoms with Crippen LogP contribution in [0.25, 0.3) is 5.69 Å². The van der Waals surface area contributed by atoms with Crippen molar-refractivity contribution >= 4 is 21.6 Å². The summed E-state index contributed by atoms with van der Waals surface area (Å²) in [6.07, 6.45) is 1.62. The molecule has 0 aliphatic carbocycles. The van der Waals surface area contributed by atoms with Crippen LogP contribution in [0.4, 0.5) is 5.69 Å². The largest absolute Gasteiger partial charge is 0.269 e. The highest BCUT2D eigenvalue weighted by molar-refractivity contribution is 9.10. The molecule has 0 spiro atoms. The number of nitrogens with zero attached hydrogens (tertiary/aromatic N) is 4. The third-order valence-electron chi connectivity index (χ3n) is 2.10. The van der Waals surface area contributed by atoms with Gasteiger partial charge in [-0.1, -0.05) is 0 Å². The zero-order chi connectivity index (χ0) is 12.4. The van der Waals surface area contributed by atoms with Gasteiger partial charge < -0.3 is 0 Å². The summed E-state index contributed by atoms with van der Waals surface area (Å²) >= 11 is 3.20. The number of rotatable bonds is 2. The van der Waals surface area contributed by atoms with Crippen molar-refractivity contribution < 1.29 is 4.92 Å². The smallest absolute Gasteiger partial charge is 0.258 e. The quantitative estimate of drug-likeness (QED) is 0.628. The van der Waals surface area contributed by atoms with Crippen molar-refractivity contribution in [2.75, 3.05) is 0 Å². The Hall–Kier alpha value is -2.20. The molecule has 0 radical (unpaired) electrons. The van der Waals surface area contributed by atoms with Crippen molar-refractivity contribution in [2.24, 2.45) is 0 Å². The van der Waals surface area contributed by atoms with Gasteiger partial charge in [0, 0.05) is 18.3 Å². The van der Waals surface area contributed by atoms with Crippen LogP contribution in [0.5, 0.6) is 0 Å². The lowest BCUT2D eigenvalue weighted by atomic mass is 10.3. The second-order valence-corrected chi connectivity index (χ2v) is 4.01. The highest BCUT2D eigenvalue weighted by Crippen LogP contribution is 2.19. The van der Waals surface area contributed by atoms with E-state index in [-0.39, 0.29) is 11.4 Å². The van der Waals surface area contributed by atoms with Gasteiger partial charge in [-0.05, 0) is 28.1 Å². The second-order valence-electron chi connectivity index (χ2n) is 3.16. The maximum absolute atomic E-state index is 10.5. The minimum Gasteiger partial charge on any atom is -0.258 e. The first-order chi connectivity index (χ1) is 8.11. The first-order valence-electron chi connectivity index (χ1n) is 4.52. The van der Waals surface area contributed by atoms with Crippen LogP contribution in [-0.4, -0.2) is 14.7 Å². The van der Waals surface area contributed by atoms with Crippen molar-refractivity contribution in [3.8, 4) is 11.8 Å². The summed E-state index contributed by atoms with van der Waals surface area (Å²) in [4.78, 5) is 10.0. The van der Waals surface area contributed by atoms with Crippen LogP contribution in [0, 0.1) is 21.4 Å². The van der Waals surface area contributed by atoms with Gasteiger partial charge in [0.1, 0.15) is 6.07 Å². The van der Waals surface area contributed by atoms with Gasteiger partial charge in [0.05, 0.1) is 15.1 Å². The molecule has 0 aliphatic heterocycles. The van der Waals surface area contributed by atoms with Gasteiger partial charge in [-0.2, -0.15) is 10.4 Å². The van der Waals surface area contributed by atoms with Crippen LogP contribution >= 0.6 is 15.9 Å². The van der Waals surface area contributed by atoms with Crippen LogP contribution in [-0.2, 0) is 0 Å². The molecule has 0 atom stereocenters.